The summed E-state index contributed by atoms with van der Waals surface area (Å²) in [7, 11) is 0. The third kappa shape index (κ3) is 1.87. The number of fused-ring (bicyclic) bond motifs is 4. The molecule has 1 saturated heterocycles. The maximum absolute atomic E-state index is 13.0. The Morgan fingerprint density at radius 1 is 1.04 bits per heavy atom. The normalized spacial score (nSPS) is 24.6. The molecular formula is C19H21N3O2. The molecule has 1 atom stereocenters. The Morgan fingerprint density at radius 3 is 2.67 bits per heavy atom. The summed E-state index contributed by atoms with van der Waals surface area (Å²) >= 11 is 0. The predicted octanol–water partition coefficient (Wildman–Crippen LogP) is 3.19. The summed E-state index contributed by atoms with van der Waals surface area (Å²) in [5.74, 6) is 0.0165. The number of nitrogens with zero attached hydrogens (tertiary/aromatic N) is 2. The largest absolute Gasteiger partial charge is 0.357 e. The van der Waals surface area contributed by atoms with Crippen LogP contribution in [0.1, 0.15) is 43.4 Å². The van der Waals surface area contributed by atoms with Gasteiger partial charge in [0.05, 0.1) is 6.54 Å². The number of rotatable bonds is 1. The number of aromatic amines is 1. The second-order valence-corrected chi connectivity index (χ2v) is 7.26. The van der Waals surface area contributed by atoms with Crippen molar-refractivity contribution >= 4 is 22.8 Å². The Balaban J connectivity index is 1.50. The highest BCUT2D eigenvalue weighted by Gasteiger charge is 2.50. The lowest BCUT2D eigenvalue weighted by Crippen LogP contribution is -2.42. The molecule has 5 rings (SSSR count). The van der Waals surface area contributed by atoms with Crippen LogP contribution in [-0.4, -0.2) is 38.8 Å². The van der Waals surface area contributed by atoms with E-state index in [0.717, 1.165) is 36.9 Å². The summed E-state index contributed by atoms with van der Waals surface area (Å²) in [6.45, 7) is 0.516. The molecule has 124 valence electrons. The third-order valence-electron chi connectivity index (χ3n) is 5.92. The summed E-state index contributed by atoms with van der Waals surface area (Å²) in [6, 6.07) is 7.90. The summed E-state index contributed by atoms with van der Waals surface area (Å²) in [5, 5.41) is 1.18. The van der Waals surface area contributed by atoms with E-state index in [0.29, 0.717) is 13.0 Å². The number of urea groups is 1. The van der Waals surface area contributed by atoms with Crippen molar-refractivity contribution in [1.29, 1.82) is 0 Å². The summed E-state index contributed by atoms with van der Waals surface area (Å²) in [4.78, 5) is 32.7. The van der Waals surface area contributed by atoms with Gasteiger partial charge in [0.15, 0.2) is 0 Å². The van der Waals surface area contributed by atoms with E-state index in [-0.39, 0.29) is 24.0 Å². The molecule has 2 aliphatic heterocycles. The van der Waals surface area contributed by atoms with E-state index >= 15 is 0 Å². The number of amides is 3. The van der Waals surface area contributed by atoms with Gasteiger partial charge in [-0.1, -0.05) is 37.5 Å². The first-order valence-corrected chi connectivity index (χ1v) is 8.96. The molecule has 1 aliphatic carbocycles. The fourth-order valence-electron chi connectivity index (χ4n) is 4.70. The van der Waals surface area contributed by atoms with Crippen LogP contribution in [-0.2, 0) is 17.8 Å². The summed E-state index contributed by atoms with van der Waals surface area (Å²) < 4.78 is 0. The van der Waals surface area contributed by atoms with Gasteiger partial charge in [-0.3, -0.25) is 9.69 Å². The van der Waals surface area contributed by atoms with Crippen LogP contribution in [0.2, 0.25) is 0 Å². The molecule has 5 nitrogen and oxygen atoms in total. The molecule has 2 aromatic rings. The van der Waals surface area contributed by atoms with Crippen molar-refractivity contribution in [3.63, 3.8) is 0 Å². The summed E-state index contributed by atoms with van der Waals surface area (Å²) in [5.41, 5.74) is 3.38. The number of aromatic nitrogens is 1. The van der Waals surface area contributed by atoms with Crippen molar-refractivity contribution in [2.75, 3.05) is 0 Å². The van der Waals surface area contributed by atoms with Crippen molar-refractivity contribution in [3.05, 3.63) is 35.5 Å². The second-order valence-electron chi connectivity index (χ2n) is 7.26. The minimum atomic E-state index is -0.314. The standard InChI is InChI=1S/C19H21N3O2/c23-18-17-10-14-13-8-4-5-9-15(13)20-16(14)11-21(17)19(24)22(18)12-6-2-1-3-7-12/h4-5,8-9,12,17,20H,1-3,6-7,10-11H2/t17-/m1/s1. The number of carbonyl (C=O) groups excluding carboxylic acids is 2. The quantitative estimate of drug-likeness (QED) is 0.820. The number of benzene rings is 1. The first kappa shape index (κ1) is 14.1. The second kappa shape index (κ2) is 5.10. The van der Waals surface area contributed by atoms with Gasteiger partial charge >= 0.3 is 6.03 Å². The van der Waals surface area contributed by atoms with Crippen LogP contribution in [0.15, 0.2) is 24.3 Å². The Hall–Kier alpha value is -2.30. The van der Waals surface area contributed by atoms with Crippen molar-refractivity contribution in [2.45, 2.75) is 57.2 Å². The van der Waals surface area contributed by atoms with Gasteiger partial charge in [0.1, 0.15) is 6.04 Å². The van der Waals surface area contributed by atoms with E-state index in [4.69, 9.17) is 0 Å². The minimum Gasteiger partial charge on any atom is -0.357 e. The van der Waals surface area contributed by atoms with Crippen molar-refractivity contribution in [2.24, 2.45) is 0 Å². The lowest BCUT2D eigenvalue weighted by atomic mass is 9.93. The molecule has 5 heteroatoms. The molecule has 1 N–H and O–H groups in total. The van der Waals surface area contributed by atoms with E-state index in [2.05, 4.69) is 17.1 Å². The van der Waals surface area contributed by atoms with Crippen LogP contribution >= 0.6 is 0 Å². The molecule has 1 aromatic heterocycles. The molecule has 3 heterocycles. The monoisotopic (exact) mass is 323 g/mol. The maximum Gasteiger partial charge on any atom is 0.328 e. The molecule has 0 bridgehead atoms. The Bertz CT molecular complexity index is 834. The topological polar surface area (TPSA) is 56.4 Å². The average Bonchev–Trinajstić information content (AvgIpc) is 3.10. The number of hydrogen-bond donors (Lipinski definition) is 1. The number of H-pyrrole nitrogens is 1. The molecule has 3 amide bonds. The number of para-hydroxylation sites is 1. The number of imide groups is 1. The zero-order valence-corrected chi connectivity index (χ0v) is 13.6. The molecule has 1 saturated carbocycles. The van der Waals surface area contributed by atoms with Gasteiger partial charge in [-0.05, 0) is 24.5 Å². The smallest absolute Gasteiger partial charge is 0.328 e. The van der Waals surface area contributed by atoms with Gasteiger partial charge in [0.2, 0.25) is 0 Å². The highest BCUT2D eigenvalue weighted by atomic mass is 16.2. The van der Waals surface area contributed by atoms with Gasteiger partial charge in [-0.2, -0.15) is 0 Å². The number of hydrogen-bond acceptors (Lipinski definition) is 2. The lowest BCUT2D eigenvalue weighted by molar-refractivity contribution is -0.130. The van der Waals surface area contributed by atoms with Crippen LogP contribution in [0.3, 0.4) is 0 Å². The third-order valence-corrected chi connectivity index (χ3v) is 5.92. The van der Waals surface area contributed by atoms with Gasteiger partial charge < -0.3 is 9.88 Å². The van der Waals surface area contributed by atoms with Crippen molar-refractivity contribution < 1.29 is 9.59 Å². The van der Waals surface area contributed by atoms with Crippen molar-refractivity contribution in [3.8, 4) is 0 Å². The highest BCUT2D eigenvalue weighted by Crippen LogP contribution is 2.36. The van der Waals surface area contributed by atoms with E-state index in [9.17, 15) is 9.59 Å². The maximum atomic E-state index is 13.0. The Kier molecular flexibility index (Phi) is 2.99. The van der Waals surface area contributed by atoms with Crippen LogP contribution in [0, 0.1) is 0 Å². The fourth-order valence-corrected chi connectivity index (χ4v) is 4.70. The molecule has 0 spiro atoms. The zero-order chi connectivity index (χ0) is 16.3. The van der Waals surface area contributed by atoms with E-state index in [1.54, 1.807) is 9.80 Å². The molecule has 24 heavy (non-hydrogen) atoms. The first-order valence-electron chi connectivity index (χ1n) is 8.96. The molecule has 2 fully saturated rings. The molecule has 3 aliphatic rings. The SMILES string of the molecule is O=C1[C@H]2Cc3c([nH]c4ccccc34)CN2C(=O)N1C1CCCCC1. The van der Waals surface area contributed by atoms with Gasteiger partial charge in [-0.15, -0.1) is 0 Å². The summed E-state index contributed by atoms with van der Waals surface area (Å²) in [6.07, 6.45) is 6.02. The minimum absolute atomic E-state index is 0.0165. The van der Waals surface area contributed by atoms with Gasteiger partial charge in [0.25, 0.3) is 5.91 Å². The van der Waals surface area contributed by atoms with Crippen LogP contribution in [0.25, 0.3) is 10.9 Å². The van der Waals surface area contributed by atoms with Crippen LogP contribution in [0.4, 0.5) is 4.79 Å². The number of nitrogens with one attached hydrogen (secondary N) is 1. The lowest BCUT2D eigenvalue weighted by Gasteiger charge is -2.29. The predicted molar refractivity (Wildman–Crippen MR) is 90.4 cm³/mol. The van der Waals surface area contributed by atoms with Gasteiger partial charge in [0, 0.05) is 29.1 Å². The molecule has 1 aromatic carbocycles. The fraction of sp³-hybridized carbons (Fsp3) is 0.474. The van der Waals surface area contributed by atoms with E-state index < -0.39 is 0 Å². The van der Waals surface area contributed by atoms with Crippen LogP contribution < -0.4 is 0 Å². The van der Waals surface area contributed by atoms with Gasteiger partial charge in [-0.25, -0.2) is 4.79 Å². The average molecular weight is 323 g/mol. The van der Waals surface area contributed by atoms with E-state index in [1.165, 1.54) is 17.4 Å². The van der Waals surface area contributed by atoms with Crippen molar-refractivity contribution in [1.82, 2.24) is 14.8 Å². The number of carbonyl (C=O) groups is 2. The Morgan fingerprint density at radius 2 is 1.83 bits per heavy atom. The zero-order valence-electron chi connectivity index (χ0n) is 13.6. The molecular weight excluding hydrogens is 302 g/mol. The molecule has 0 unspecified atom stereocenters. The van der Waals surface area contributed by atoms with Crippen LogP contribution in [0.5, 0.6) is 0 Å². The molecule has 0 radical (unpaired) electrons. The first-order chi connectivity index (χ1) is 11.7. The van der Waals surface area contributed by atoms with E-state index in [1.807, 2.05) is 12.1 Å². The highest BCUT2D eigenvalue weighted by molar-refractivity contribution is 6.05. The Labute approximate surface area is 140 Å².